The number of hydrogen-bond acceptors (Lipinski definition) is 4. The van der Waals surface area contributed by atoms with Crippen LogP contribution in [0.4, 0.5) is 5.82 Å². The van der Waals surface area contributed by atoms with Crippen LogP contribution >= 0.6 is 11.8 Å². The Balaban J connectivity index is 2.16. The van der Waals surface area contributed by atoms with Crippen molar-refractivity contribution in [1.29, 1.82) is 0 Å². The summed E-state index contributed by atoms with van der Waals surface area (Å²) in [7, 11) is 0. The van der Waals surface area contributed by atoms with Gasteiger partial charge < -0.3 is 10.6 Å². The molecule has 18 heavy (non-hydrogen) atoms. The maximum Gasteiger partial charge on any atom is 0.131 e. The Morgan fingerprint density at radius 1 is 1.61 bits per heavy atom. The average molecular weight is 265 g/mol. The molecular formula is C14H23N3S. The molecule has 0 aliphatic carbocycles. The third-order valence-corrected chi connectivity index (χ3v) is 4.68. The third kappa shape index (κ3) is 3.39. The zero-order valence-corrected chi connectivity index (χ0v) is 12.1. The van der Waals surface area contributed by atoms with Gasteiger partial charge in [-0.1, -0.05) is 13.0 Å². The number of nitrogens with two attached hydrogens (primary N) is 1. The quantitative estimate of drug-likeness (QED) is 0.907. The van der Waals surface area contributed by atoms with Crippen molar-refractivity contribution in [2.45, 2.75) is 38.0 Å². The molecular weight excluding hydrogens is 242 g/mol. The van der Waals surface area contributed by atoms with Crippen LogP contribution in [0.25, 0.3) is 0 Å². The van der Waals surface area contributed by atoms with Crippen molar-refractivity contribution in [1.82, 2.24) is 4.98 Å². The van der Waals surface area contributed by atoms with Crippen LogP contribution in [-0.2, 0) is 6.42 Å². The minimum atomic E-state index is 0.189. The molecule has 4 heteroatoms. The Morgan fingerprint density at radius 3 is 3.17 bits per heavy atom. The molecule has 2 N–H and O–H groups in total. The fraction of sp³-hybridized carbons (Fsp3) is 0.643. The van der Waals surface area contributed by atoms with Gasteiger partial charge in [0.15, 0.2) is 0 Å². The van der Waals surface area contributed by atoms with Crippen molar-refractivity contribution in [3.8, 4) is 0 Å². The summed E-state index contributed by atoms with van der Waals surface area (Å²) >= 11 is 2.09. The van der Waals surface area contributed by atoms with E-state index in [4.69, 9.17) is 5.73 Å². The number of nitrogens with zero attached hydrogens (tertiary/aromatic N) is 2. The van der Waals surface area contributed by atoms with Crippen LogP contribution in [0.2, 0.25) is 0 Å². The van der Waals surface area contributed by atoms with Gasteiger partial charge in [-0.25, -0.2) is 4.98 Å². The SMILES string of the molecule is CCC1CN(c2ncccc2CC(C)N)CCS1. The zero-order chi connectivity index (χ0) is 13.0. The lowest BCUT2D eigenvalue weighted by atomic mass is 10.1. The molecule has 0 spiro atoms. The molecule has 0 saturated carbocycles. The van der Waals surface area contributed by atoms with Crippen molar-refractivity contribution >= 4 is 17.6 Å². The number of rotatable bonds is 4. The van der Waals surface area contributed by atoms with Crippen molar-refractivity contribution < 1.29 is 0 Å². The molecule has 1 fully saturated rings. The number of thioether (sulfide) groups is 1. The van der Waals surface area contributed by atoms with E-state index >= 15 is 0 Å². The fourth-order valence-corrected chi connectivity index (χ4v) is 3.56. The first kappa shape index (κ1) is 13.7. The standard InChI is InChI=1S/C14H23N3S/c1-3-13-10-17(7-8-18-13)14-12(9-11(2)15)5-4-6-16-14/h4-6,11,13H,3,7-10,15H2,1-2H3. The van der Waals surface area contributed by atoms with Gasteiger partial charge in [-0.05, 0) is 31.4 Å². The predicted molar refractivity (Wildman–Crippen MR) is 80.3 cm³/mol. The number of aromatic nitrogens is 1. The van der Waals surface area contributed by atoms with E-state index in [9.17, 15) is 0 Å². The number of pyridine rings is 1. The van der Waals surface area contributed by atoms with E-state index < -0.39 is 0 Å². The summed E-state index contributed by atoms with van der Waals surface area (Å²) in [6, 6.07) is 4.36. The molecule has 0 radical (unpaired) electrons. The van der Waals surface area contributed by atoms with Crippen LogP contribution in [0.15, 0.2) is 18.3 Å². The highest BCUT2D eigenvalue weighted by molar-refractivity contribution is 8.00. The summed E-state index contributed by atoms with van der Waals surface area (Å²) in [5.41, 5.74) is 7.21. The summed E-state index contributed by atoms with van der Waals surface area (Å²) in [6.07, 6.45) is 4.03. The Morgan fingerprint density at radius 2 is 2.44 bits per heavy atom. The largest absolute Gasteiger partial charge is 0.354 e. The van der Waals surface area contributed by atoms with Crippen LogP contribution in [-0.4, -0.2) is 35.1 Å². The van der Waals surface area contributed by atoms with Crippen LogP contribution in [0, 0.1) is 0 Å². The number of anilines is 1. The molecule has 2 atom stereocenters. The maximum absolute atomic E-state index is 5.93. The molecule has 0 bridgehead atoms. The zero-order valence-electron chi connectivity index (χ0n) is 11.3. The maximum atomic E-state index is 5.93. The minimum absolute atomic E-state index is 0.189. The van der Waals surface area contributed by atoms with E-state index in [0.717, 1.165) is 30.6 Å². The van der Waals surface area contributed by atoms with E-state index in [1.54, 1.807) is 0 Å². The molecule has 1 aromatic heterocycles. The summed E-state index contributed by atoms with van der Waals surface area (Å²) in [4.78, 5) is 7.02. The first-order valence-corrected chi connectivity index (χ1v) is 7.81. The molecule has 1 aromatic rings. The second kappa shape index (κ2) is 6.43. The van der Waals surface area contributed by atoms with Crippen LogP contribution in [0.5, 0.6) is 0 Å². The molecule has 1 saturated heterocycles. The highest BCUT2D eigenvalue weighted by Crippen LogP contribution is 2.27. The Kier molecular flexibility index (Phi) is 4.89. The van der Waals surface area contributed by atoms with E-state index in [1.807, 2.05) is 12.3 Å². The summed E-state index contributed by atoms with van der Waals surface area (Å²) in [5.74, 6) is 2.35. The van der Waals surface area contributed by atoms with Gasteiger partial charge >= 0.3 is 0 Å². The van der Waals surface area contributed by atoms with E-state index in [2.05, 4.69) is 41.6 Å². The normalized spacial score (nSPS) is 21.9. The van der Waals surface area contributed by atoms with Crippen molar-refractivity contribution in [2.75, 3.05) is 23.7 Å². The molecule has 0 amide bonds. The van der Waals surface area contributed by atoms with Gasteiger partial charge in [0.1, 0.15) is 5.82 Å². The third-order valence-electron chi connectivity index (χ3n) is 3.30. The lowest BCUT2D eigenvalue weighted by Crippen LogP contribution is -2.39. The summed E-state index contributed by atoms with van der Waals surface area (Å²) < 4.78 is 0. The monoisotopic (exact) mass is 265 g/mol. The first-order chi connectivity index (χ1) is 8.70. The number of hydrogen-bond donors (Lipinski definition) is 1. The van der Waals surface area contributed by atoms with Gasteiger partial charge in [0.25, 0.3) is 0 Å². The van der Waals surface area contributed by atoms with E-state index in [1.165, 1.54) is 17.7 Å². The molecule has 1 aliphatic heterocycles. The van der Waals surface area contributed by atoms with Crippen LogP contribution in [0.3, 0.4) is 0 Å². The van der Waals surface area contributed by atoms with Gasteiger partial charge in [0, 0.05) is 36.3 Å². The lowest BCUT2D eigenvalue weighted by molar-refractivity contribution is 0.698. The first-order valence-electron chi connectivity index (χ1n) is 6.76. The molecule has 3 nitrogen and oxygen atoms in total. The molecule has 100 valence electrons. The Hall–Kier alpha value is -0.740. The summed E-state index contributed by atoms with van der Waals surface area (Å²) in [6.45, 7) is 6.54. The lowest BCUT2D eigenvalue weighted by Gasteiger charge is -2.34. The van der Waals surface area contributed by atoms with Gasteiger partial charge in [0.2, 0.25) is 0 Å². The molecule has 1 aliphatic rings. The average Bonchev–Trinajstić information content (AvgIpc) is 2.39. The smallest absolute Gasteiger partial charge is 0.131 e. The van der Waals surface area contributed by atoms with Crippen molar-refractivity contribution in [3.05, 3.63) is 23.9 Å². The Labute approximate surface area is 114 Å². The highest BCUT2D eigenvalue weighted by Gasteiger charge is 2.21. The fourth-order valence-electron chi connectivity index (χ4n) is 2.38. The van der Waals surface area contributed by atoms with Gasteiger partial charge in [-0.15, -0.1) is 0 Å². The molecule has 2 unspecified atom stereocenters. The second-order valence-corrected chi connectivity index (χ2v) is 6.42. The van der Waals surface area contributed by atoms with Gasteiger partial charge in [-0.2, -0.15) is 11.8 Å². The second-order valence-electron chi connectivity index (χ2n) is 5.01. The minimum Gasteiger partial charge on any atom is -0.354 e. The van der Waals surface area contributed by atoms with Crippen LogP contribution in [0.1, 0.15) is 25.8 Å². The van der Waals surface area contributed by atoms with Crippen molar-refractivity contribution in [3.63, 3.8) is 0 Å². The molecule has 2 rings (SSSR count). The van der Waals surface area contributed by atoms with Gasteiger partial charge in [-0.3, -0.25) is 0 Å². The van der Waals surface area contributed by atoms with Crippen LogP contribution < -0.4 is 10.6 Å². The Bertz CT molecular complexity index is 381. The summed E-state index contributed by atoms with van der Waals surface area (Å²) in [5, 5.41) is 0.740. The van der Waals surface area contributed by atoms with E-state index in [0.29, 0.717) is 0 Å². The van der Waals surface area contributed by atoms with Gasteiger partial charge in [0.05, 0.1) is 0 Å². The predicted octanol–water partition coefficient (Wildman–Crippen LogP) is 2.30. The topological polar surface area (TPSA) is 42.2 Å². The molecule has 0 aromatic carbocycles. The molecule has 2 heterocycles. The highest BCUT2D eigenvalue weighted by atomic mass is 32.2. The van der Waals surface area contributed by atoms with E-state index in [-0.39, 0.29) is 6.04 Å². The van der Waals surface area contributed by atoms with Crippen molar-refractivity contribution in [2.24, 2.45) is 5.73 Å².